The van der Waals surface area contributed by atoms with Gasteiger partial charge in [-0.2, -0.15) is 0 Å². The second kappa shape index (κ2) is 7.40. The summed E-state index contributed by atoms with van der Waals surface area (Å²) < 4.78 is 28.8. The number of nitrogens with one attached hydrogen (secondary N) is 1. The topological polar surface area (TPSA) is 67.8 Å². The van der Waals surface area contributed by atoms with Gasteiger partial charge in [0.25, 0.3) is 5.56 Å². The average molecular weight is 397 g/mol. The number of rotatable bonds is 5. The zero-order chi connectivity index (χ0) is 19.7. The van der Waals surface area contributed by atoms with Gasteiger partial charge in [-0.1, -0.05) is 23.9 Å². The Labute approximate surface area is 162 Å². The number of fused-ring (bicyclic) bond motifs is 1. The Morgan fingerprint density at radius 3 is 2.68 bits per heavy atom. The quantitative estimate of drug-likeness (QED) is 0.314. The molecule has 8 heteroatoms. The normalized spacial score (nSPS) is 11.1. The van der Waals surface area contributed by atoms with Crippen LogP contribution in [0.25, 0.3) is 16.6 Å². The molecule has 140 valence electrons. The van der Waals surface area contributed by atoms with Crippen LogP contribution >= 0.6 is 11.8 Å². The molecule has 0 amide bonds. The van der Waals surface area contributed by atoms with Gasteiger partial charge in [0.2, 0.25) is 0 Å². The Balaban J connectivity index is 1.84. The van der Waals surface area contributed by atoms with E-state index in [2.05, 4.69) is 9.97 Å². The fourth-order valence-electron chi connectivity index (χ4n) is 2.80. The van der Waals surface area contributed by atoms with Gasteiger partial charge in [-0.05, 0) is 36.4 Å². The Bertz CT molecular complexity index is 1240. The molecule has 0 unspecified atom stereocenters. The number of ketones is 1. The minimum atomic E-state index is -0.892. The minimum Gasteiger partial charge on any atom is -0.359 e. The molecule has 0 aliphatic heterocycles. The number of H-pyrrole nitrogens is 1. The lowest BCUT2D eigenvalue weighted by atomic mass is 10.2. The Morgan fingerprint density at radius 2 is 1.93 bits per heavy atom. The van der Waals surface area contributed by atoms with Crippen molar-refractivity contribution in [1.29, 1.82) is 0 Å². The Morgan fingerprint density at radius 1 is 1.11 bits per heavy atom. The second-order valence-electron chi connectivity index (χ2n) is 5.94. The number of carbonyl (C=O) groups excluding carboxylic acids is 1. The van der Waals surface area contributed by atoms with Crippen LogP contribution in [-0.4, -0.2) is 26.1 Å². The maximum Gasteiger partial charge on any atom is 0.266 e. The Hall–Kier alpha value is -3.26. The monoisotopic (exact) mass is 397 g/mol. The van der Waals surface area contributed by atoms with Crippen molar-refractivity contribution >= 4 is 28.4 Å². The fraction of sp³-hybridized carbons (Fsp3) is 0.0500. The third-order valence-electron chi connectivity index (χ3n) is 4.13. The zero-order valence-electron chi connectivity index (χ0n) is 14.4. The molecule has 0 saturated heterocycles. The molecule has 28 heavy (non-hydrogen) atoms. The van der Waals surface area contributed by atoms with Gasteiger partial charge in [0, 0.05) is 12.3 Å². The van der Waals surface area contributed by atoms with Crippen LogP contribution < -0.4 is 5.56 Å². The standard InChI is InChI=1S/C20H13F2N3O2S/c21-12-7-8-17(14(22)10-12)25-19(27)13-4-1-2-5-15(13)24-20(25)28-11-18(26)16-6-3-9-23-16/h1-10,23H,11H2. The fourth-order valence-corrected chi connectivity index (χ4v) is 3.68. The predicted molar refractivity (Wildman–Crippen MR) is 103 cm³/mol. The molecule has 2 heterocycles. The number of Topliss-reactive ketones (excluding diaryl/α,β-unsaturated/α-hetero) is 1. The first-order chi connectivity index (χ1) is 13.5. The van der Waals surface area contributed by atoms with Gasteiger partial charge >= 0.3 is 0 Å². The summed E-state index contributed by atoms with van der Waals surface area (Å²) in [6.45, 7) is 0. The smallest absolute Gasteiger partial charge is 0.266 e. The van der Waals surface area contributed by atoms with Crippen LogP contribution in [-0.2, 0) is 0 Å². The highest BCUT2D eigenvalue weighted by molar-refractivity contribution is 7.99. The van der Waals surface area contributed by atoms with E-state index in [-0.39, 0.29) is 22.4 Å². The van der Waals surface area contributed by atoms with E-state index >= 15 is 0 Å². The molecule has 0 bridgehead atoms. The lowest BCUT2D eigenvalue weighted by Gasteiger charge is -2.13. The highest BCUT2D eigenvalue weighted by atomic mass is 32.2. The third kappa shape index (κ3) is 3.34. The van der Waals surface area contributed by atoms with Gasteiger partial charge in [-0.25, -0.2) is 13.8 Å². The highest BCUT2D eigenvalue weighted by Crippen LogP contribution is 2.24. The summed E-state index contributed by atoms with van der Waals surface area (Å²) in [6.07, 6.45) is 1.63. The molecule has 2 aromatic carbocycles. The predicted octanol–water partition coefficient (Wildman–Crippen LogP) is 3.97. The van der Waals surface area contributed by atoms with E-state index in [9.17, 15) is 18.4 Å². The van der Waals surface area contributed by atoms with Crippen molar-refractivity contribution in [2.45, 2.75) is 5.16 Å². The molecule has 0 radical (unpaired) electrons. The molecule has 0 atom stereocenters. The molecule has 0 aliphatic carbocycles. The van der Waals surface area contributed by atoms with E-state index in [1.165, 1.54) is 6.07 Å². The van der Waals surface area contributed by atoms with Crippen LogP contribution in [0.2, 0.25) is 0 Å². The van der Waals surface area contributed by atoms with Gasteiger partial charge in [0.05, 0.1) is 28.0 Å². The van der Waals surface area contributed by atoms with Gasteiger partial charge in [0.1, 0.15) is 11.6 Å². The summed E-state index contributed by atoms with van der Waals surface area (Å²) in [4.78, 5) is 32.6. The molecular formula is C20H13F2N3O2S. The van der Waals surface area contributed by atoms with E-state index < -0.39 is 17.2 Å². The van der Waals surface area contributed by atoms with Crippen LogP contribution in [0, 0.1) is 11.6 Å². The molecule has 4 aromatic rings. The van der Waals surface area contributed by atoms with Crippen molar-refractivity contribution in [3.05, 3.63) is 88.5 Å². The van der Waals surface area contributed by atoms with Crippen molar-refractivity contribution in [2.24, 2.45) is 0 Å². The van der Waals surface area contributed by atoms with Crippen molar-refractivity contribution in [3.63, 3.8) is 0 Å². The summed E-state index contributed by atoms with van der Waals surface area (Å²) in [5.41, 5.74) is 0.238. The third-order valence-corrected chi connectivity index (χ3v) is 5.06. The van der Waals surface area contributed by atoms with E-state index in [0.29, 0.717) is 22.7 Å². The largest absolute Gasteiger partial charge is 0.359 e. The number of carbonyl (C=O) groups is 1. The number of benzene rings is 2. The lowest BCUT2D eigenvalue weighted by Crippen LogP contribution is -2.23. The van der Waals surface area contributed by atoms with E-state index in [4.69, 9.17) is 0 Å². The summed E-state index contributed by atoms with van der Waals surface area (Å²) in [5.74, 6) is -1.84. The summed E-state index contributed by atoms with van der Waals surface area (Å²) in [6, 6.07) is 13.0. The van der Waals surface area contributed by atoms with E-state index in [1.54, 1.807) is 42.6 Å². The maximum absolute atomic E-state index is 14.4. The lowest BCUT2D eigenvalue weighted by molar-refractivity contribution is 0.101. The summed E-state index contributed by atoms with van der Waals surface area (Å²) in [7, 11) is 0. The SMILES string of the molecule is O=C(CSc1nc2ccccc2c(=O)n1-c1ccc(F)cc1F)c1ccc[nH]1. The summed E-state index contributed by atoms with van der Waals surface area (Å²) >= 11 is 1.01. The van der Waals surface area contributed by atoms with Gasteiger partial charge in [-0.3, -0.25) is 14.2 Å². The van der Waals surface area contributed by atoms with Crippen LogP contribution in [0.5, 0.6) is 0 Å². The number of thioether (sulfide) groups is 1. The summed E-state index contributed by atoms with van der Waals surface area (Å²) in [5, 5.41) is 0.445. The number of aromatic nitrogens is 3. The van der Waals surface area contributed by atoms with E-state index in [1.807, 2.05) is 0 Å². The molecule has 5 nitrogen and oxygen atoms in total. The number of para-hydroxylation sites is 1. The van der Waals surface area contributed by atoms with Crippen molar-refractivity contribution < 1.29 is 13.6 Å². The van der Waals surface area contributed by atoms with E-state index in [0.717, 1.165) is 22.4 Å². The van der Waals surface area contributed by atoms with Crippen LogP contribution in [0.4, 0.5) is 8.78 Å². The number of nitrogens with zero attached hydrogens (tertiary/aromatic N) is 2. The van der Waals surface area contributed by atoms with Crippen molar-refractivity contribution in [1.82, 2.24) is 14.5 Å². The first-order valence-corrected chi connectivity index (χ1v) is 9.30. The van der Waals surface area contributed by atoms with Gasteiger partial charge in [0.15, 0.2) is 10.9 Å². The van der Waals surface area contributed by atoms with Crippen LogP contribution in [0.1, 0.15) is 10.5 Å². The molecule has 0 saturated carbocycles. The number of aromatic amines is 1. The zero-order valence-corrected chi connectivity index (χ0v) is 15.2. The van der Waals surface area contributed by atoms with Gasteiger partial charge in [-0.15, -0.1) is 0 Å². The Kier molecular flexibility index (Phi) is 4.79. The van der Waals surface area contributed by atoms with Crippen LogP contribution in [0.15, 0.2) is 70.7 Å². The number of hydrogen-bond acceptors (Lipinski definition) is 4. The first-order valence-electron chi connectivity index (χ1n) is 8.31. The molecule has 0 spiro atoms. The van der Waals surface area contributed by atoms with Crippen molar-refractivity contribution in [2.75, 3.05) is 5.75 Å². The molecule has 0 fully saturated rings. The minimum absolute atomic E-state index is 0.00585. The molecule has 4 rings (SSSR count). The van der Waals surface area contributed by atoms with Gasteiger partial charge < -0.3 is 4.98 Å². The number of hydrogen-bond donors (Lipinski definition) is 1. The number of halogens is 2. The molecule has 0 aliphatic rings. The van der Waals surface area contributed by atoms with Crippen LogP contribution in [0.3, 0.4) is 0 Å². The molecule has 2 aromatic heterocycles. The maximum atomic E-state index is 14.4. The highest BCUT2D eigenvalue weighted by Gasteiger charge is 2.18. The first kappa shape index (κ1) is 18.1. The second-order valence-corrected chi connectivity index (χ2v) is 6.89. The average Bonchev–Trinajstić information content (AvgIpc) is 3.22. The molecule has 1 N–H and O–H groups in total. The molecular weight excluding hydrogens is 384 g/mol. The van der Waals surface area contributed by atoms with Crippen molar-refractivity contribution in [3.8, 4) is 5.69 Å².